The Morgan fingerprint density at radius 1 is 1.11 bits per heavy atom. The first-order valence-corrected chi connectivity index (χ1v) is 12.8. The smallest absolute Gasteiger partial charge is 0.228 e. The van der Waals surface area contributed by atoms with E-state index in [1.807, 2.05) is 73.5 Å². The van der Waals surface area contributed by atoms with Crippen molar-refractivity contribution in [3.8, 4) is 22.6 Å². The monoisotopic (exact) mass is 498 g/mol. The number of aromatic nitrogens is 2. The Hall–Kier alpha value is -3.57. The summed E-state index contributed by atoms with van der Waals surface area (Å²) >= 11 is 6.57. The fourth-order valence-electron chi connectivity index (χ4n) is 4.64. The molecule has 5 rings (SSSR count). The molecule has 3 aromatic carbocycles. The number of hydrogen-bond acceptors (Lipinski definition) is 3. The van der Waals surface area contributed by atoms with Crippen LogP contribution in [0.1, 0.15) is 38.3 Å². The Morgan fingerprint density at radius 2 is 1.92 bits per heavy atom. The van der Waals surface area contributed by atoms with Gasteiger partial charge in [-0.3, -0.25) is 4.79 Å². The van der Waals surface area contributed by atoms with E-state index in [1.54, 1.807) is 0 Å². The van der Waals surface area contributed by atoms with Crippen LogP contribution in [0.5, 0.6) is 0 Å². The first-order chi connectivity index (χ1) is 17.4. The minimum atomic E-state index is -0.334. The normalized spacial score (nSPS) is 13.4. The molecule has 0 saturated heterocycles. The molecule has 0 fully saturated rings. The molecule has 2 heterocycles. The number of anilines is 2. The van der Waals surface area contributed by atoms with Gasteiger partial charge < -0.3 is 15.2 Å². The fraction of sp³-hybridized carbons (Fsp3) is 0.267. The molecule has 0 atom stereocenters. The molecular formula is C30H31ClN4O. The number of rotatable bonds is 6. The Balaban J connectivity index is 1.39. The van der Waals surface area contributed by atoms with E-state index in [0.29, 0.717) is 11.6 Å². The van der Waals surface area contributed by atoms with E-state index in [1.165, 1.54) is 11.1 Å². The highest BCUT2D eigenvalue weighted by atomic mass is 35.5. The van der Waals surface area contributed by atoms with Crippen LogP contribution in [0.15, 0.2) is 72.9 Å². The van der Waals surface area contributed by atoms with Gasteiger partial charge in [-0.15, -0.1) is 0 Å². The highest BCUT2D eigenvalue weighted by Gasteiger charge is 2.32. The molecular weight excluding hydrogens is 468 g/mol. The number of nitrogens with zero attached hydrogens (tertiary/aromatic N) is 2. The van der Waals surface area contributed by atoms with Gasteiger partial charge in [0.25, 0.3) is 0 Å². The van der Waals surface area contributed by atoms with E-state index >= 15 is 0 Å². The van der Waals surface area contributed by atoms with E-state index < -0.39 is 0 Å². The number of carbonyl (C=O) groups excluding carboxylic acids is 1. The van der Waals surface area contributed by atoms with Crippen molar-refractivity contribution >= 4 is 28.9 Å². The maximum absolute atomic E-state index is 13.0. The number of benzene rings is 3. The van der Waals surface area contributed by atoms with E-state index in [4.69, 9.17) is 11.6 Å². The van der Waals surface area contributed by atoms with Gasteiger partial charge >= 0.3 is 0 Å². The van der Waals surface area contributed by atoms with Gasteiger partial charge in [0.15, 0.2) is 0 Å². The molecule has 5 nitrogen and oxygen atoms in total. The lowest BCUT2D eigenvalue weighted by molar-refractivity contribution is -0.141. The SMILES string of the molecule is CCC(C)(C)C(=O)N1CCc2c(cccc2Nc2ccc(Cl)c(-c3ncc(-c4ccccc4)[nH]3)c2)C1. The Kier molecular flexibility index (Phi) is 6.59. The summed E-state index contributed by atoms with van der Waals surface area (Å²) in [7, 11) is 0. The second kappa shape index (κ2) is 9.82. The van der Waals surface area contributed by atoms with Gasteiger partial charge in [-0.2, -0.15) is 0 Å². The van der Waals surface area contributed by atoms with E-state index in [0.717, 1.165) is 53.4 Å². The van der Waals surface area contributed by atoms with E-state index in [2.05, 4.69) is 40.4 Å². The third-order valence-electron chi connectivity index (χ3n) is 7.18. The summed E-state index contributed by atoms with van der Waals surface area (Å²) < 4.78 is 0. The van der Waals surface area contributed by atoms with Crippen molar-refractivity contribution in [2.75, 3.05) is 11.9 Å². The number of aromatic amines is 1. The molecule has 0 saturated carbocycles. The topological polar surface area (TPSA) is 61.0 Å². The highest BCUT2D eigenvalue weighted by Crippen LogP contribution is 2.34. The van der Waals surface area contributed by atoms with Crippen LogP contribution in [0.25, 0.3) is 22.6 Å². The van der Waals surface area contributed by atoms with Crippen molar-refractivity contribution in [2.45, 2.75) is 40.2 Å². The predicted molar refractivity (Wildman–Crippen MR) is 147 cm³/mol. The molecule has 0 aliphatic carbocycles. The lowest BCUT2D eigenvalue weighted by atomic mass is 9.87. The first-order valence-electron chi connectivity index (χ1n) is 12.4. The average Bonchev–Trinajstić information content (AvgIpc) is 3.40. The predicted octanol–water partition coefficient (Wildman–Crippen LogP) is 7.46. The largest absolute Gasteiger partial charge is 0.355 e. The molecule has 0 bridgehead atoms. The van der Waals surface area contributed by atoms with Gasteiger partial charge in [-0.1, -0.05) is 74.8 Å². The lowest BCUT2D eigenvalue weighted by Gasteiger charge is -2.35. The summed E-state index contributed by atoms with van der Waals surface area (Å²) in [6.07, 6.45) is 3.49. The van der Waals surface area contributed by atoms with Crippen LogP contribution in [0, 0.1) is 5.41 Å². The number of halogens is 1. The molecule has 184 valence electrons. The molecule has 4 aromatic rings. The van der Waals surface area contributed by atoms with Crippen molar-refractivity contribution < 1.29 is 4.79 Å². The minimum absolute atomic E-state index is 0.227. The van der Waals surface area contributed by atoms with Crippen LogP contribution >= 0.6 is 11.6 Å². The zero-order valence-electron chi connectivity index (χ0n) is 20.9. The summed E-state index contributed by atoms with van der Waals surface area (Å²) in [4.78, 5) is 23.0. The molecule has 0 spiro atoms. The molecule has 1 amide bonds. The summed E-state index contributed by atoms with van der Waals surface area (Å²) in [6, 6.07) is 22.3. The van der Waals surface area contributed by atoms with Crippen LogP contribution in [0.3, 0.4) is 0 Å². The number of hydrogen-bond donors (Lipinski definition) is 2. The summed E-state index contributed by atoms with van der Waals surface area (Å²) in [5.74, 6) is 0.954. The number of fused-ring (bicyclic) bond motifs is 1. The second-order valence-electron chi connectivity index (χ2n) is 9.99. The molecule has 36 heavy (non-hydrogen) atoms. The van der Waals surface area contributed by atoms with Crippen molar-refractivity contribution in [3.63, 3.8) is 0 Å². The van der Waals surface area contributed by atoms with Crippen molar-refractivity contribution in [2.24, 2.45) is 5.41 Å². The Morgan fingerprint density at radius 3 is 2.69 bits per heavy atom. The van der Waals surface area contributed by atoms with Crippen molar-refractivity contribution in [1.82, 2.24) is 14.9 Å². The number of carbonyl (C=O) groups is 1. The van der Waals surface area contributed by atoms with Gasteiger partial charge in [-0.25, -0.2) is 4.98 Å². The third kappa shape index (κ3) is 4.76. The number of imidazole rings is 1. The number of nitrogens with one attached hydrogen (secondary N) is 2. The maximum Gasteiger partial charge on any atom is 0.228 e. The van der Waals surface area contributed by atoms with E-state index in [9.17, 15) is 4.79 Å². The average molecular weight is 499 g/mol. The van der Waals surface area contributed by atoms with Crippen molar-refractivity contribution in [1.29, 1.82) is 0 Å². The first kappa shape index (κ1) is 24.1. The summed E-state index contributed by atoms with van der Waals surface area (Å²) in [5.41, 5.74) is 6.98. The fourth-order valence-corrected chi connectivity index (χ4v) is 4.85. The van der Waals surface area contributed by atoms with Gasteiger partial charge in [0.1, 0.15) is 5.82 Å². The number of amides is 1. The summed E-state index contributed by atoms with van der Waals surface area (Å²) in [6.45, 7) is 7.51. The van der Waals surface area contributed by atoms with Gasteiger partial charge in [0.05, 0.1) is 16.9 Å². The van der Waals surface area contributed by atoms with Crippen LogP contribution < -0.4 is 5.32 Å². The van der Waals surface area contributed by atoms with Gasteiger partial charge in [-0.05, 0) is 53.8 Å². The zero-order chi connectivity index (χ0) is 25.3. The highest BCUT2D eigenvalue weighted by molar-refractivity contribution is 6.33. The Labute approximate surface area is 217 Å². The summed E-state index contributed by atoms with van der Waals surface area (Å²) in [5, 5.41) is 4.23. The van der Waals surface area contributed by atoms with Crippen LogP contribution in [0.4, 0.5) is 11.4 Å². The molecule has 1 aliphatic heterocycles. The molecule has 1 aromatic heterocycles. The molecule has 2 N–H and O–H groups in total. The van der Waals surface area contributed by atoms with Crippen LogP contribution in [0.2, 0.25) is 5.02 Å². The zero-order valence-corrected chi connectivity index (χ0v) is 21.7. The molecule has 0 radical (unpaired) electrons. The van der Waals surface area contributed by atoms with Crippen molar-refractivity contribution in [3.05, 3.63) is 89.1 Å². The lowest BCUT2D eigenvalue weighted by Crippen LogP contribution is -2.43. The van der Waals surface area contributed by atoms with Gasteiger partial charge in [0, 0.05) is 35.4 Å². The third-order valence-corrected chi connectivity index (χ3v) is 7.51. The quantitative estimate of drug-likeness (QED) is 0.290. The maximum atomic E-state index is 13.0. The number of H-pyrrole nitrogens is 1. The van der Waals surface area contributed by atoms with Crippen LogP contribution in [-0.2, 0) is 17.8 Å². The van der Waals surface area contributed by atoms with E-state index in [-0.39, 0.29) is 11.3 Å². The second-order valence-corrected chi connectivity index (χ2v) is 10.4. The van der Waals surface area contributed by atoms with Gasteiger partial charge in [0.2, 0.25) is 5.91 Å². The minimum Gasteiger partial charge on any atom is -0.355 e. The molecule has 6 heteroatoms. The standard InChI is InChI=1S/C30H31ClN4O/c1-4-30(2,3)29(36)35-16-15-23-21(19-35)11-8-12-26(23)33-22-13-14-25(31)24(17-22)28-32-18-27(34-28)20-9-6-5-7-10-20/h5-14,17-18,33H,4,15-16,19H2,1-3H3,(H,32,34). The van der Waals surface area contributed by atoms with Crippen LogP contribution in [-0.4, -0.2) is 27.3 Å². The Bertz CT molecular complexity index is 1390. The molecule has 0 unspecified atom stereocenters. The molecule has 1 aliphatic rings.